The van der Waals surface area contributed by atoms with Gasteiger partial charge in [0.15, 0.2) is 5.82 Å². The SMILES string of the molecule is c1ccc(-c2cc(-c3cccc(-n4c5c(c6ccccc64)-c4ccccc4N(c4cncc6ccccc46)c4ccccc4-5)c3)nc(-c3ccccc3)n2)cc1. The van der Waals surface area contributed by atoms with Gasteiger partial charge < -0.3 is 9.47 Å². The molecule has 0 fully saturated rings. The quantitative estimate of drug-likeness (QED) is 0.178. The molecule has 5 heteroatoms. The highest BCUT2D eigenvalue weighted by atomic mass is 15.2. The van der Waals surface area contributed by atoms with Crippen molar-refractivity contribution < 1.29 is 0 Å². The molecule has 5 nitrogen and oxygen atoms in total. The van der Waals surface area contributed by atoms with Crippen molar-refractivity contribution in [2.45, 2.75) is 0 Å². The first-order valence-electron chi connectivity index (χ1n) is 18.9. The van der Waals surface area contributed by atoms with Gasteiger partial charge in [-0.15, -0.1) is 0 Å². The van der Waals surface area contributed by atoms with Gasteiger partial charge in [0.25, 0.3) is 0 Å². The maximum absolute atomic E-state index is 5.19. The zero-order chi connectivity index (χ0) is 37.0. The third-order valence-corrected chi connectivity index (χ3v) is 10.8. The summed E-state index contributed by atoms with van der Waals surface area (Å²) in [6.07, 6.45) is 3.94. The molecule has 10 aromatic rings. The summed E-state index contributed by atoms with van der Waals surface area (Å²) < 4.78 is 2.44. The lowest BCUT2D eigenvalue weighted by Crippen LogP contribution is -2.12. The molecule has 0 N–H and O–H groups in total. The minimum Gasteiger partial charge on any atom is -0.309 e. The molecule has 0 unspecified atom stereocenters. The number of rotatable bonds is 5. The number of hydrogen-bond acceptors (Lipinski definition) is 4. The highest BCUT2D eigenvalue weighted by Crippen LogP contribution is 2.55. The topological polar surface area (TPSA) is 46.8 Å². The number of fused-ring (bicyclic) bond motifs is 8. The molecular formula is C51H33N5. The minimum atomic E-state index is 0.696. The van der Waals surface area contributed by atoms with E-state index in [1.165, 1.54) is 10.9 Å². The van der Waals surface area contributed by atoms with E-state index < -0.39 is 0 Å². The van der Waals surface area contributed by atoms with Crippen LogP contribution < -0.4 is 4.90 Å². The molecule has 0 radical (unpaired) electrons. The van der Waals surface area contributed by atoms with Gasteiger partial charge in [-0.3, -0.25) is 4.98 Å². The summed E-state index contributed by atoms with van der Waals surface area (Å²) in [5, 5.41) is 3.44. The fraction of sp³-hybridized carbons (Fsp3) is 0. The van der Waals surface area contributed by atoms with Crippen LogP contribution in [-0.4, -0.2) is 19.5 Å². The van der Waals surface area contributed by atoms with Gasteiger partial charge >= 0.3 is 0 Å². The first-order valence-corrected chi connectivity index (χ1v) is 18.9. The van der Waals surface area contributed by atoms with Crippen molar-refractivity contribution in [2.24, 2.45) is 0 Å². The normalized spacial score (nSPS) is 11.9. The van der Waals surface area contributed by atoms with E-state index in [4.69, 9.17) is 15.0 Å². The van der Waals surface area contributed by atoms with Gasteiger partial charge in [0.05, 0.1) is 45.9 Å². The van der Waals surface area contributed by atoms with Crippen molar-refractivity contribution in [3.8, 4) is 62.0 Å². The Kier molecular flexibility index (Phi) is 7.42. The maximum Gasteiger partial charge on any atom is 0.160 e. The summed E-state index contributed by atoms with van der Waals surface area (Å²) in [4.78, 5) is 17.4. The van der Waals surface area contributed by atoms with Crippen molar-refractivity contribution >= 4 is 38.7 Å². The molecular weight excluding hydrogens is 683 g/mol. The Bertz CT molecular complexity index is 3030. The standard InChI is InChI=1S/C51H33N5/c1-3-16-34(17-4-1)43-31-44(54-51(53-43)35-18-5-2-6-19-35)36-21-15-22-38(30-36)55-45-27-12-9-24-40(45)49-41-25-10-13-28-46(41)56(47-29-14-11-26-42(47)50(49)55)48-33-52-32-37-20-7-8-23-39(37)48/h1-33H. The van der Waals surface area contributed by atoms with Gasteiger partial charge in [0, 0.05) is 61.4 Å². The summed E-state index contributed by atoms with van der Waals surface area (Å²) in [6.45, 7) is 0. The summed E-state index contributed by atoms with van der Waals surface area (Å²) in [5.41, 5.74) is 14.8. The van der Waals surface area contributed by atoms with Crippen molar-refractivity contribution in [3.05, 3.63) is 200 Å². The number of nitrogens with zero attached hydrogens (tertiary/aromatic N) is 5. The van der Waals surface area contributed by atoms with Crippen LogP contribution in [0.25, 0.3) is 83.6 Å². The highest BCUT2D eigenvalue weighted by Gasteiger charge is 2.32. The van der Waals surface area contributed by atoms with Gasteiger partial charge in [-0.1, -0.05) is 152 Å². The van der Waals surface area contributed by atoms with Crippen LogP contribution in [0.1, 0.15) is 0 Å². The largest absolute Gasteiger partial charge is 0.309 e. The lowest BCUT2D eigenvalue weighted by molar-refractivity contribution is 1.13. The molecule has 0 spiro atoms. The number of para-hydroxylation sites is 3. The molecule has 56 heavy (non-hydrogen) atoms. The lowest BCUT2D eigenvalue weighted by atomic mass is 9.98. The second kappa shape index (κ2) is 13.0. The molecule has 0 atom stereocenters. The van der Waals surface area contributed by atoms with Gasteiger partial charge in [-0.05, 0) is 36.4 Å². The average Bonchev–Trinajstić information content (AvgIpc) is 3.56. The fourth-order valence-corrected chi connectivity index (χ4v) is 8.33. The van der Waals surface area contributed by atoms with Crippen LogP contribution in [0.2, 0.25) is 0 Å². The van der Waals surface area contributed by atoms with E-state index in [0.717, 1.165) is 83.9 Å². The molecule has 0 amide bonds. The van der Waals surface area contributed by atoms with E-state index in [-0.39, 0.29) is 0 Å². The molecule has 0 bridgehead atoms. The Morgan fingerprint density at radius 2 is 1.02 bits per heavy atom. The maximum atomic E-state index is 5.19. The third-order valence-electron chi connectivity index (χ3n) is 10.8. The molecule has 7 aromatic carbocycles. The molecule has 1 aliphatic rings. The number of pyridine rings is 1. The predicted molar refractivity (Wildman–Crippen MR) is 230 cm³/mol. The van der Waals surface area contributed by atoms with Crippen LogP contribution >= 0.6 is 0 Å². The molecule has 3 aromatic heterocycles. The first-order chi connectivity index (χ1) is 27.8. The monoisotopic (exact) mass is 715 g/mol. The van der Waals surface area contributed by atoms with Gasteiger partial charge in [0.2, 0.25) is 0 Å². The van der Waals surface area contributed by atoms with Gasteiger partial charge in [-0.25, -0.2) is 9.97 Å². The first kappa shape index (κ1) is 31.9. The number of anilines is 3. The van der Waals surface area contributed by atoms with Crippen molar-refractivity contribution in [1.29, 1.82) is 0 Å². The molecule has 4 heterocycles. The molecule has 1 aliphatic heterocycles. The van der Waals surface area contributed by atoms with E-state index in [9.17, 15) is 0 Å². The minimum absolute atomic E-state index is 0.696. The molecule has 11 rings (SSSR count). The fourth-order valence-electron chi connectivity index (χ4n) is 8.33. The Balaban J connectivity index is 1.17. The van der Waals surface area contributed by atoms with Crippen LogP contribution in [0, 0.1) is 0 Å². The van der Waals surface area contributed by atoms with E-state index in [2.05, 4.69) is 173 Å². The van der Waals surface area contributed by atoms with Gasteiger partial charge in [0.1, 0.15) is 0 Å². The van der Waals surface area contributed by atoms with Crippen LogP contribution in [-0.2, 0) is 0 Å². The van der Waals surface area contributed by atoms with E-state index in [1.54, 1.807) is 0 Å². The molecule has 0 aliphatic carbocycles. The van der Waals surface area contributed by atoms with Crippen LogP contribution in [0.5, 0.6) is 0 Å². The molecule has 0 saturated carbocycles. The van der Waals surface area contributed by atoms with E-state index in [0.29, 0.717) is 5.82 Å². The number of benzene rings is 7. The van der Waals surface area contributed by atoms with E-state index >= 15 is 0 Å². The Morgan fingerprint density at radius 3 is 1.82 bits per heavy atom. The smallest absolute Gasteiger partial charge is 0.160 e. The third kappa shape index (κ3) is 5.13. The van der Waals surface area contributed by atoms with Crippen molar-refractivity contribution in [1.82, 2.24) is 19.5 Å². The van der Waals surface area contributed by atoms with Crippen LogP contribution in [0.3, 0.4) is 0 Å². The van der Waals surface area contributed by atoms with Crippen LogP contribution in [0.4, 0.5) is 17.1 Å². The summed E-state index contributed by atoms with van der Waals surface area (Å²) in [5.74, 6) is 0.696. The zero-order valence-electron chi connectivity index (χ0n) is 30.3. The summed E-state index contributed by atoms with van der Waals surface area (Å²) in [6, 6.07) is 66.3. The van der Waals surface area contributed by atoms with Crippen molar-refractivity contribution in [2.75, 3.05) is 4.90 Å². The van der Waals surface area contributed by atoms with Crippen LogP contribution in [0.15, 0.2) is 200 Å². The summed E-state index contributed by atoms with van der Waals surface area (Å²) in [7, 11) is 0. The Labute approximate surface area is 324 Å². The molecule has 0 saturated heterocycles. The zero-order valence-corrected chi connectivity index (χ0v) is 30.3. The number of hydrogen-bond donors (Lipinski definition) is 0. The average molecular weight is 716 g/mol. The highest BCUT2D eigenvalue weighted by molar-refractivity contribution is 6.14. The predicted octanol–water partition coefficient (Wildman–Crippen LogP) is 13.1. The Hall–Kier alpha value is -7.63. The molecule has 262 valence electrons. The second-order valence-electron chi connectivity index (χ2n) is 14.1. The summed E-state index contributed by atoms with van der Waals surface area (Å²) >= 11 is 0. The number of aromatic nitrogens is 4. The van der Waals surface area contributed by atoms with Crippen molar-refractivity contribution in [3.63, 3.8) is 0 Å². The second-order valence-corrected chi connectivity index (χ2v) is 14.1. The van der Waals surface area contributed by atoms with Gasteiger partial charge in [-0.2, -0.15) is 0 Å². The Morgan fingerprint density at radius 1 is 0.411 bits per heavy atom. The lowest BCUT2D eigenvalue weighted by Gasteiger charge is -2.28. The van der Waals surface area contributed by atoms with E-state index in [1.807, 2.05) is 36.7 Å².